The summed E-state index contributed by atoms with van der Waals surface area (Å²) in [6.45, 7) is 10.3. The zero-order chi connectivity index (χ0) is 9.40. The molecule has 1 unspecified atom stereocenters. The van der Waals surface area contributed by atoms with Crippen LogP contribution in [0.15, 0.2) is 30.0 Å². The first kappa shape index (κ1) is 11.3. The van der Waals surface area contributed by atoms with E-state index >= 15 is 0 Å². The average molecular weight is 164 g/mol. The Hall–Kier alpha value is -0.740. The van der Waals surface area contributed by atoms with Gasteiger partial charge in [0.05, 0.1) is 0 Å². The minimum atomic E-state index is 0.786. The third-order valence-electron chi connectivity index (χ3n) is 2.02. The van der Waals surface area contributed by atoms with Crippen molar-refractivity contribution in [3.63, 3.8) is 0 Å². The normalized spacial score (nSPS) is 11.6. The molecule has 0 amide bonds. The molecule has 0 nitrogen and oxygen atoms in total. The molecule has 0 rings (SSSR count). The Morgan fingerprint density at radius 2 is 2.25 bits per heavy atom. The van der Waals surface area contributed by atoms with Crippen LogP contribution in [0.1, 0.15) is 40.0 Å². The lowest BCUT2D eigenvalue weighted by molar-refractivity contribution is 0.572. The third kappa shape index (κ3) is 6.00. The molecule has 0 radical (unpaired) electrons. The highest BCUT2D eigenvalue weighted by Gasteiger charge is 1.92. The molecule has 0 aromatic rings. The van der Waals surface area contributed by atoms with Gasteiger partial charge in [-0.05, 0) is 37.3 Å². The van der Waals surface area contributed by atoms with E-state index in [4.69, 9.17) is 0 Å². The first-order valence-electron chi connectivity index (χ1n) is 4.72. The van der Waals surface area contributed by atoms with Crippen LogP contribution in [-0.4, -0.2) is 0 Å². The summed E-state index contributed by atoms with van der Waals surface area (Å²) < 4.78 is 0. The molecule has 0 fully saturated rings. The highest BCUT2D eigenvalue weighted by molar-refractivity contribution is 5.02. The minimum absolute atomic E-state index is 0.786. The Bertz CT molecular complexity index is 180. The Morgan fingerprint density at radius 1 is 1.58 bits per heavy atom. The van der Waals surface area contributed by atoms with Gasteiger partial charge >= 0.3 is 0 Å². The summed E-state index contributed by atoms with van der Waals surface area (Å²) in [7, 11) is 0. The molecule has 0 aromatic carbocycles. The van der Waals surface area contributed by atoms with Crippen LogP contribution in [0.5, 0.6) is 0 Å². The first-order chi connectivity index (χ1) is 5.70. The lowest BCUT2D eigenvalue weighted by Gasteiger charge is -2.00. The molecular weight excluding hydrogens is 144 g/mol. The van der Waals surface area contributed by atoms with Gasteiger partial charge < -0.3 is 0 Å². The minimum Gasteiger partial charge on any atom is -0.126 e. The van der Waals surface area contributed by atoms with E-state index in [-0.39, 0.29) is 0 Å². The van der Waals surface area contributed by atoms with Gasteiger partial charge in [-0.25, -0.2) is 0 Å². The largest absolute Gasteiger partial charge is 0.126 e. The standard InChI is InChI=1S/C12H20/c1-5-8-12(4)10-7-9-11(3)6-2/h5,7,11H,1,6,8-9H2,2-4H3. The van der Waals surface area contributed by atoms with Gasteiger partial charge in [0.1, 0.15) is 0 Å². The summed E-state index contributed by atoms with van der Waals surface area (Å²) in [5, 5.41) is 0. The second-order valence-electron chi connectivity index (χ2n) is 3.37. The van der Waals surface area contributed by atoms with Crippen molar-refractivity contribution in [2.45, 2.75) is 40.0 Å². The summed E-state index contributed by atoms with van der Waals surface area (Å²) in [5.41, 5.74) is 4.54. The van der Waals surface area contributed by atoms with Crippen molar-refractivity contribution in [3.8, 4) is 0 Å². The Morgan fingerprint density at radius 3 is 2.75 bits per heavy atom. The van der Waals surface area contributed by atoms with Crippen molar-refractivity contribution in [2.75, 3.05) is 0 Å². The van der Waals surface area contributed by atoms with Crippen LogP contribution < -0.4 is 0 Å². The van der Waals surface area contributed by atoms with E-state index in [1.165, 1.54) is 12.0 Å². The highest BCUT2D eigenvalue weighted by atomic mass is 14.0. The molecule has 0 saturated heterocycles. The number of rotatable bonds is 5. The van der Waals surface area contributed by atoms with Crippen LogP contribution >= 0.6 is 0 Å². The Balaban J connectivity index is 3.86. The third-order valence-corrected chi connectivity index (χ3v) is 2.02. The van der Waals surface area contributed by atoms with E-state index in [1.54, 1.807) is 0 Å². The van der Waals surface area contributed by atoms with Gasteiger partial charge in [0, 0.05) is 0 Å². The van der Waals surface area contributed by atoms with E-state index in [1.807, 2.05) is 6.08 Å². The zero-order valence-electron chi connectivity index (χ0n) is 8.56. The molecule has 1 atom stereocenters. The van der Waals surface area contributed by atoms with Crippen LogP contribution in [0.4, 0.5) is 0 Å². The van der Waals surface area contributed by atoms with Crippen molar-refractivity contribution in [1.82, 2.24) is 0 Å². The van der Waals surface area contributed by atoms with Gasteiger partial charge in [0.25, 0.3) is 0 Å². The van der Waals surface area contributed by atoms with E-state index in [9.17, 15) is 0 Å². The molecule has 0 aromatic heterocycles. The van der Waals surface area contributed by atoms with Crippen LogP contribution in [0.2, 0.25) is 0 Å². The summed E-state index contributed by atoms with van der Waals surface area (Å²) in [5.74, 6) is 0.786. The molecule has 0 saturated carbocycles. The fourth-order valence-corrected chi connectivity index (χ4v) is 0.876. The van der Waals surface area contributed by atoms with Crippen molar-refractivity contribution in [3.05, 3.63) is 30.0 Å². The number of allylic oxidation sites excluding steroid dienone is 2. The Labute approximate surface area is 76.7 Å². The quantitative estimate of drug-likeness (QED) is 0.424. The van der Waals surface area contributed by atoms with Crippen molar-refractivity contribution < 1.29 is 0 Å². The predicted molar refractivity (Wildman–Crippen MR) is 56.2 cm³/mol. The monoisotopic (exact) mass is 164 g/mol. The maximum Gasteiger partial charge on any atom is -0.00681 e. The summed E-state index contributed by atoms with van der Waals surface area (Å²) in [6, 6.07) is 0. The highest BCUT2D eigenvalue weighted by Crippen LogP contribution is 2.06. The zero-order valence-corrected chi connectivity index (χ0v) is 8.56. The van der Waals surface area contributed by atoms with Gasteiger partial charge in [0.2, 0.25) is 0 Å². The van der Waals surface area contributed by atoms with Gasteiger partial charge in [-0.15, -0.1) is 12.3 Å². The fraction of sp³-hybridized carbons (Fsp3) is 0.583. The first-order valence-corrected chi connectivity index (χ1v) is 4.72. The molecule has 0 aliphatic rings. The number of hydrogen-bond acceptors (Lipinski definition) is 0. The molecular formula is C12H20. The van der Waals surface area contributed by atoms with E-state index in [0.717, 1.165) is 18.8 Å². The SMILES string of the molecule is C=CCC(C)=C=CCC(C)CC. The van der Waals surface area contributed by atoms with Crippen LogP contribution in [0, 0.1) is 5.92 Å². The van der Waals surface area contributed by atoms with E-state index in [0.29, 0.717) is 0 Å². The molecule has 0 N–H and O–H groups in total. The molecule has 0 spiro atoms. The number of hydrogen-bond donors (Lipinski definition) is 0. The lowest BCUT2D eigenvalue weighted by atomic mass is 10.1. The second-order valence-corrected chi connectivity index (χ2v) is 3.37. The molecule has 0 bridgehead atoms. The van der Waals surface area contributed by atoms with Gasteiger partial charge in [-0.2, -0.15) is 0 Å². The van der Waals surface area contributed by atoms with E-state index in [2.05, 4.69) is 39.2 Å². The summed E-state index contributed by atoms with van der Waals surface area (Å²) in [6.07, 6.45) is 7.41. The molecule has 0 aliphatic heterocycles. The Kier molecular flexibility index (Phi) is 6.51. The fourth-order valence-electron chi connectivity index (χ4n) is 0.876. The summed E-state index contributed by atoms with van der Waals surface area (Å²) >= 11 is 0. The van der Waals surface area contributed by atoms with Crippen LogP contribution in [0.25, 0.3) is 0 Å². The lowest BCUT2D eigenvalue weighted by Crippen LogP contribution is -1.87. The van der Waals surface area contributed by atoms with Crippen LogP contribution in [-0.2, 0) is 0 Å². The van der Waals surface area contributed by atoms with Crippen molar-refractivity contribution >= 4 is 0 Å². The maximum absolute atomic E-state index is 3.69. The van der Waals surface area contributed by atoms with Gasteiger partial charge in [-0.3, -0.25) is 0 Å². The average Bonchev–Trinajstić information content (AvgIpc) is 2.04. The maximum atomic E-state index is 3.69. The van der Waals surface area contributed by atoms with Gasteiger partial charge in [-0.1, -0.05) is 26.3 Å². The van der Waals surface area contributed by atoms with Gasteiger partial charge in [0.15, 0.2) is 0 Å². The molecule has 68 valence electrons. The van der Waals surface area contributed by atoms with Crippen molar-refractivity contribution in [2.24, 2.45) is 5.92 Å². The second kappa shape index (κ2) is 6.94. The molecule has 12 heavy (non-hydrogen) atoms. The predicted octanol–water partition coefficient (Wildman–Crippen LogP) is 4.10. The smallest absolute Gasteiger partial charge is 0.00681 e. The molecule has 0 heteroatoms. The van der Waals surface area contributed by atoms with Crippen molar-refractivity contribution in [1.29, 1.82) is 0 Å². The summed E-state index contributed by atoms with van der Waals surface area (Å²) in [4.78, 5) is 0. The van der Waals surface area contributed by atoms with E-state index < -0.39 is 0 Å². The topological polar surface area (TPSA) is 0 Å². The molecule has 0 aliphatic carbocycles. The van der Waals surface area contributed by atoms with Crippen LogP contribution in [0.3, 0.4) is 0 Å². The molecule has 0 heterocycles.